The van der Waals surface area contributed by atoms with E-state index in [2.05, 4.69) is 25.1 Å². The van der Waals surface area contributed by atoms with Gasteiger partial charge in [-0.3, -0.25) is 14.2 Å². The number of ether oxygens (including phenoxy) is 2. The summed E-state index contributed by atoms with van der Waals surface area (Å²) in [6.45, 7) is 3.86. The summed E-state index contributed by atoms with van der Waals surface area (Å²) in [5, 5.41) is 8.04. The SMILES string of the molecule is COc1cc(NS(=O)(=O)c2ccc(NC(=O)c3cc(-c4c(C)nn(C)c4C)nc4ccccc34)cc2)nc(OC)n1. The number of sulfonamides is 1. The molecule has 3 aromatic heterocycles. The predicted molar refractivity (Wildman–Crippen MR) is 154 cm³/mol. The van der Waals surface area contributed by atoms with Crippen molar-refractivity contribution in [3.05, 3.63) is 77.6 Å². The van der Waals surface area contributed by atoms with Crippen molar-refractivity contribution in [2.75, 3.05) is 24.3 Å². The molecule has 0 bridgehead atoms. The molecule has 210 valence electrons. The minimum absolute atomic E-state index is 0.0226. The predicted octanol–water partition coefficient (Wildman–Crippen LogP) is 4.11. The highest BCUT2D eigenvalue weighted by molar-refractivity contribution is 7.92. The Labute approximate surface area is 236 Å². The van der Waals surface area contributed by atoms with Crippen molar-refractivity contribution >= 4 is 38.3 Å². The second-order valence-electron chi connectivity index (χ2n) is 9.11. The lowest BCUT2D eigenvalue weighted by atomic mass is 10.0. The van der Waals surface area contributed by atoms with E-state index in [9.17, 15) is 13.2 Å². The second-order valence-corrected chi connectivity index (χ2v) is 10.8. The average molecular weight is 574 g/mol. The Morgan fingerprint density at radius 2 is 1.66 bits per heavy atom. The summed E-state index contributed by atoms with van der Waals surface area (Å²) in [7, 11) is 0.600. The van der Waals surface area contributed by atoms with Crippen molar-refractivity contribution in [1.82, 2.24) is 24.7 Å². The summed E-state index contributed by atoms with van der Waals surface area (Å²) in [5.41, 5.74) is 4.76. The number of hydrogen-bond acceptors (Lipinski definition) is 9. The fourth-order valence-electron chi connectivity index (χ4n) is 4.40. The van der Waals surface area contributed by atoms with Gasteiger partial charge < -0.3 is 14.8 Å². The van der Waals surface area contributed by atoms with Crippen LogP contribution in [0, 0.1) is 13.8 Å². The molecule has 0 spiro atoms. The number of carbonyl (C=O) groups excluding carboxylic acids is 1. The third-order valence-electron chi connectivity index (χ3n) is 6.46. The second kappa shape index (κ2) is 10.8. The molecule has 5 aromatic rings. The molecule has 0 unspecified atom stereocenters. The van der Waals surface area contributed by atoms with Crippen molar-refractivity contribution in [2.24, 2.45) is 7.05 Å². The maximum atomic E-state index is 13.5. The number of anilines is 2. The van der Waals surface area contributed by atoms with Crippen molar-refractivity contribution in [3.63, 3.8) is 0 Å². The van der Waals surface area contributed by atoms with Crippen LogP contribution in [-0.4, -0.2) is 53.3 Å². The number of amides is 1. The Kier molecular flexibility index (Phi) is 7.28. The van der Waals surface area contributed by atoms with Crippen LogP contribution < -0.4 is 19.5 Å². The fraction of sp³-hybridized carbons (Fsp3) is 0.179. The van der Waals surface area contributed by atoms with E-state index >= 15 is 0 Å². The molecule has 2 N–H and O–H groups in total. The fourth-order valence-corrected chi connectivity index (χ4v) is 5.39. The number of hydrogen-bond donors (Lipinski definition) is 2. The zero-order chi connectivity index (χ0) is 29.3. The van der Waals surface area contributed by atoms with E-state index in [4.69, 9.17) is 14.5 Å². The van der Waals surface area contributed by atoms with Crippen LogP contribution in [0.4, 0.5) is 11.5 Å². The first-order valence-corrected chi connectivity index (χ1v) is 13.9. The molecule has 3 heterocycles. The van der Waals surface area contributed by atoms with Gasteiger partial charge in [0.15, 0.2) is 5.82 Å². The summed E-state index contributed by atoms with van der Waals surface area (Å²) >= 11 is 0. The zero-order valence-electron chi connectivity index (χ0n) is 23.0. The summed E-state index contributed by atoms with van der Waals surface area (Å²) in [4.78, 5) is 26.2. The summed E-state index contributed by atoms with van der Waals surface area (Å²) in [5.74, 6) is -0.253. The van der Waals surface area contributed by atoms with E-state index in [1.54, 1.807) is 10.7 Å². The van der Waals surface area contributed by atoms with Crippen LogP contribution in [0.3, 0.4) is 0 Å². The maximum Gasteiger partial charge on any atom is 0.321 e. The lowest BCUT2D eigenvalue weighted by molar-refractivity contribution is 0.102. The first kappa shape index (κ1) is 27.5. The smallest absolute Gasteiger partial charge is 0.321 e. The number of methoxy groups -OCH3 is 2. The van der Waals surface area contributed by atoms with Gasteiger partial charge in [0.2, 0.25) is 5.88 Å². The van der Waals surface area contributed by atoms with Crippen LogP contribution in [0.2, 0.25) is 0 Å². The van der Waals surface area contributed by atoms with Crippen LogP contribution in [-0.2, 0) is 17.1 Å². The van der Waals surface area contributed by atoms with Crippen molar-refractivity contribution in [2.45, 2.75) is 18.7 Å². The molecule has 13 heteroatoms. The van der Waals surface area contributed by atoms with Crippen molar-refractivity contribution in [1.29, 1.82) is 0 Å². The van der Waals surface area contributed by atoms with Crippen molar-refractivity contribution in [3.8, 4) is 23.1 Å². The molecule has 0 radical (unpaired) electrons. The molecule has 2 aromatic carbocycles. The topological polar surface area (TPSA) is 150 Å². The summed E-state index contributed by atoms with van der Waals surface area (Å²) < 4.78 is 40.2. The molecule has 12 nitrogen and oxygen atoms in total. The molecule has 1 amide bonds. The Hall–Kier alpha value is -5.04. The normalized spacial score (nSPS) is 11.3. The molecule has 0 aliphatic heterocycles. The number of para-hydroxylation sites is 1. The molecule has 0 aliphatic carbocycles. The first-order chi connectivity index (χ1) is 19.6. The highest BCUT2D eigenvalue weighted by Gasteiger charge is 2.20. The summed E-state index contributed by atoms with van der Waals surface area (Å²) in [6.07, 6.45) is 0. The van der Waals surface area contributed by atoms with Crippen molar-refractivity contribution < 1.29 is 22.7 Å². The highest BCUT2D eigenvalue weighted by Crippen LogP contribution is 2.30. The number of benzene rings is 2. The number of rotatable bonds is 8. The van der Waals surface area contributed by atoms with Gasteiger partial charge in [0.05, 0.1) is 41.6 Å². The van der Waals surface area contributed by atoms with Gasteiger partial charge in [0, 0.05) is 35.4 Å². The van der Waals surface area contributed by atoms with Gasteiger partial charge in [-0.15, -0.1) is 0 Å². The van der Waals surface area contributed by atoms with Crippen LogP contribution >= 0.6 is 0 Å². The molecular weight excluding hydrogens is 546 g/mol. The van der Waals surface area contributed by atoms with E-state index in [0.29, 0.717) is 27.8 Å². The van der Waals surface area contributed by atoms with Gasteiger partial charge in [0.25, 0.3) is 15.9 Å². The number of aromatic nitrogens is 5. The van der Waals surface area contributed by atoms with E-state index in [-0.39, 0.29) is 28.5 Å². The Morgan fingerprint density at radius 3 is 2.32 bits per heavy atom. The molecule has 41 heavy (non-hydrogen) atoms. The lowest BCUT2D eigenvalue weighted by Crippen LogP contribution is -2.15. The molecule has 5 rings (SSSR count). The number of pyridine rings is 1. The van der Waals surface area contributed by atoms with Gasteiger partial charge >= 0.3 is 6.01 Å². The summed E-state index contributed by atoms with van der Waals surface area (Å²) in [6, 6.07) is 16.2. The molecular formula is C28H27N7O5S. The highest BCUT2D eigenvalue weighted by atomic mass is 32.2. The van der Waals surface area contributed by atoms with E-state index in [1.165, 1.54) is 44.6 Å². The third-order valence-corrected chi connectivity index (χ3v) is 7.83. The average Bonchev–Trinajstić information content (AvgIpc) is 3.22. The minimum atomic E-state index is -4.01. The van der Waals surface area contributed by atoms with Gasteiger partial charge in [-0.25, -0.2) is 13.4 Å². The lowest BCUT2D eigenvalue weighted by Gasteiger charge is -2.12. The number of aryl methyl sites for hydroxylation is 2. The maximum absolute atomic E-state index is 13.5. The third kappa shape index (κ3) is 5.52. The Morgan fingerprint density at radius 1 is 0.927 bits per heavy atom. The zero-order valence-corrected chi connectivity index (χ0v) is 23.8. The van der Waals surface area contributed by atoms with E-state index < -0.39 is 10.0 Å². The van der Waals surface area contributed by atoms with E-state index in [0.717, 1.165) is 17.0 Å². The molecule has 0 saturated heterocycles. The van der Waals surface area contributed by atoms with Crippen LogP contribution in [0.25, 0.3) is 22.2 Å². The Bertz CT molecular complexity index is 1860. The monoisotopic (exact) mass is 573 g/mol. The molecule has 0 fully saturated rings. The van der Waals surface area contributed by atoms with Crippen LogP contribution in [0.15, 0.2) is 65.6 Å². The largest absolute Gasteiger partial charge is 0.481 e. The number of fused-ring (bicyclic) bond motifs is 1. The number of nitrogens with one attached hydrogen (secondary N) is 2. The van der Waals surface area contributed by atoms with Gasteiger partial charge in [-0.05, 0) is 50.2 Å². The number of carbonyl (C=O) groups is 1. The van der Waals surface area contributed by atoms with Crippen LogP contribution in [0.5, 0.6) is 11.9 Å². The number of nitrogens with zero attached hydrogens (tertiary/aromatic N) is 5. The molecule has 0 aliphatic rings. The van der Waals surface area contributed by atoms with Gasteiger partial charge in [-0.2, -0.15) is 15.1 Å². The first-order valence-electron chi connectivity index (χ1n) is 12.4. The standard InChI is InChI=1S/C28H27N7O5S/c1-16-26(17(2)35(3)33-16)23-14-21(20-8-6-7-9-22(20)30-23)27(36)29-18-10-12-19(13-11-18)41(37,38)34-24-15-25(39-4)32-28(31-24)40-5/h6-15H,1-5H3,(H,29,36)(H,31,32,34). The quantitative estimate of drug-likeness (QED) is 0.279. The van der Waals surface area contributed by atoms with E-state index in [1.807, 2.05) is 45.2 Å². The minimum Gasteiger partial charge on any atom is -0.481 e. The molecule has 0 atom stereocenters. The molecule has 0 saturated carbocycles. The van der Waals surface area contributed by atoms with Gasteiger partial charge in [-0.1, -0.05) is 18.2 Å². The van der Waals surface area contributed by atoms with Gasteiger partial charge in [0.1, 0.15) is 0 Å². The van der Waals surface area contributed by atoms with Crippen LogP contribution in [0.1, 0.15) is 21.7 Å². The Balaban J connectivity index is 1.42.